The van der Waals surface area contributed by atoms with Crippen LogP contribution >= 0.6 is 45.9 Å². The van der Waals surface area contributed by atoms with E-state index in [1.165, 1.54) is 14.2 Å². The van der Waals surface area contributed by atoms with Crippen LogP contribution in [0.15, 0.2) is 72.8 Å². The molecule has 0 aliphatic carbocycles. The molecular weight excluding hydrogens is 563 g/mol. The molecule has 192 valence electrons. The fourth-order valence-electron chi connectivity index (χ4n) is 3.67. The van der Waals surface area contributed by atoms with Crippen molar-refractivity contribution in [3.05, 3.63) is 82.8 Å². The van der Waals surface area contributed by atoms with Gasteiger partial charge < -0.3 is 19.7 Å². The van der Waals surface area contributed by atoms with E-state index in [0.717, 1.165) is 41.6 Å². The second-order valence-electron chi connectivity index (χ2n) is 8.04. The Balaban J connectivity index is 0.000000155. The Morgan fingerprint density at radius 2 is 1.03 bits per heavy atom. The van der Waals surface area contributed by atoms with Gasteiger partial charge in [-0.25, -0.2) is 9.97 Å². The number of methoxy groups -OCH3 is 2. The van der Waals surface area contributed by atoms with Crippen molar-refractivity contribution in [1.82, 2.24) is 9.97 Å². The van der Waals surface area contributed by atoms with Gasteiger partial charge in [0.25, 0.3) is 0 Å². The molecule has 0 saturated heterocycles. The van der Waals surface area contributed by atoms with Crippen molar-refractivity contribution in [1.29, 1.82) is 0 Å². The molecule has 0 fully saturated rings. The van der Waals surface area contributed by atoms with Crippen molar-refractivity contribution in [3.63, 3.8) is 0 Å². The number of rotatable bonds is 4. The summed E-state index contributed by atoms with van der Waals surface area (Å²) in [5.74, 6) is 1.12. The Labute approximate surface area is 236 Å². The standard InChI is InChI=1S/2C14H10ClNO2S/c2*1-18-12-6-8(2-4-11(12)17)14-16-10-7-9(15)3-5-13(10)19-14/h2*2-7,17H,1H3. The molecular formula is C28H20Cl2N2O4S2. The molecule has 0 unspecified atom stereocenters. The summed E-state index contributed by atoms with van der Waals surface area (Å²) in [5.41, 5.74) is 3.57. The second-order valence-corrected chi connectivity index (χ2v) is 11.0. The number of fused-ring (bicyclic) bond motifs is 2. The van der Waals surface area contributed by atoms with Crippen LogP contribution in [0.5, 0.6) is 23.0 Å². The number of hydrogen-bond acceptors (Lipinski definition) is 8. The molecule has 2 aromatic heterocycles. The molecule has 0 amide bonds. The zero-order valence-electron chi connectivity index (χ0n) is 20.1. The summed E-state index contributed by atoms with van der Waals surface area (Å²) in [7, 11) is 3.05. The number of aromatic nitrogens is 2. The first-order valence-corrected chi connectivity index (χ1v) is 13.6. The van der Waals surface area contributed by atoms with E-state index in [2.05, 4.69) is 9.97 Å². The topological polar surface area (TPSA) is 84.7 Å². The number of thiazole rings is 2. The summed E-state index contributed by atoms with van der Waals surface area (Å²) in [4.78, 5) is 9.09. The maximum atomic E-state index is 9.60. The summed E-state index contributed by atoms with van der Waals surface area (Å²) in [6, 6.07) is 21.7. The lowest BCUT2D eigenvalue weighted by molar-refractivity contribution is 0.373. The van der Waals surface area contributed by atoms with Gasteiger partial charge >= 0.3 is 0 Å². The largest absolute Gasteiger partial charge is 0.504 e. The molecule has 0 spiro atoms. The fourth-order valence-corrected chi connectivity index (χ4v) is 5.89. The van der Waals surface area contributed by atoms with E-state index in [-0.39, 0.29) is 11.5 Å². The maximum absolute atomic E-state index is 9.60. The molecule has 2 heterocycles. The van der Waals surface area contributed by atoms with E-state index < -0.39 is 0 Å². The minimum atomic E-state index is 0.121. The van der Waals surface area contributed by atoms with Crippen LogP contribution < -0.4 is 9.47 Å². The minimum absolute atomic E-state index is 0.121. The molecule has 10 heteroatoms. The van der Waals surface area contributed by atoms with Crippen LogP contribution in [0.3, 0.4) is 0 Å². The first-order valence-electron chi connectivity index (χ1n) is 11.2. The number of halogens is 2. The monoisotopic (exact) mass is 582 g/mol. The van der Waals surface area contributed by atoms with E-state index in [0.29, 0.717) is 21.5 Å². The van der Waals surface area contributed by atoms with Crippen molar-refractivity contribution in [2.45, 2.75) is 0 Å². The van der Waals surface area contributed by atoms with E-state index in [9.17, 15) is 10.2 Å². The van der Waals surface area contributed by atoms with Crippen LogP contribution in [-0.4, -0.2) is 34.4 Å². The molecule has 0 saturated carbocycles. The third-order valence-electron chi connectivity index (χ3n) is 5.55. The molecule has 6 nitrogen and oxygen atoms in total. The summed E-state index contributed by atoms with van der Waals surface area (Å²) in [5, 5.41) is 22.3. The van der Waals surface area contributed by atoms with E-state index in [1.807, 2.05) is 48.5 Å². The van der Waals surface area contributed by atoms with Crippen molar-refractivity contribution < 1.29 is 19.7 Å². The Morgan fingerprint density at radius 3 is 1.42 bits per heavy atom. The highest BCUT2D eigenvalue weighted by Crippen LogP contribution is 2.37. The molecule has 0 atom stereocenters. The smallest absolute Gasteiger partial charge is 0.161 e. The van der Waals surface area contributed by atoms with Gasteiger partial charge in [-0.2, -0.15) is 0 Å². The lowest BCUT2D eigenvalue weighted by Crippen LogP contribution is -1.84. The van der Waals surface area contributed by atoms with Crippen LogP contribution in [0, 0.1) is 0 Å². The molecule has 38 heavy (non-hydrogen) atoms. The predicted octanol–water partition coefficient (Wildman–Crippen LogP) is 8.66. The lowest BCUT2D eigenvalue weighted by Gasteiger charge is -2.04. The molecule has 6 rings (SSSR count). The number of benzene rings is 4. The summed E-state index contributed by atoms with van der Waals surface area (Å²) >= 11 is 15.1. The Morgan fingerprint density at radius 1 is 0.605 bits per heavy atom. The normalized spacial score (nSPS) is 10.8. The highest BCUT2D eigenvalue weighted by atomic mass is 35.5. The third-order valence-corrected chi connectivity index (χ3v) is 8.19. The third kappa shape index (κ3) is 5.49. The Hall–Kier alpha value is -3.56. The average molecular weight is 584 g/mol. The van der Waals surface area contributed by atoms with Gasteiger partial charge in [0.2, 0.25) is 0 Å². The Kier molecular flexibility index (Phi) is 7.58. The number of hydrogen-bond donors (Lipinski definition) is 2. The molecule has 0 aliphatic rings. The van der Waals surface area contributed by atoms with Gasteiger partial charge in [-0.15, -0.1) is 22.7 Å². The number of phenolic OH excluding ortho intramolecular Hbond substituents is 2. The van der Waals surface area contributed by atoms with E-state index in [4.69, 9.17) is 32.7 Å². The highest BCUT2D eigenvalue weighted by Gasteiger charge is 2.11. The van der Waals surface area contributed by atoms with E-state index >= 15 is 0 Å². The van der Waals surface area contributed by atoms with Crippen molar-refractivity contribution >= 4 is 66.3 Å². The quantitative estimate of drug-likeness (QED) is 0.216. The number of nitrogens with zero attached hydrogens (tertiary/aromatic N) is 2. The number of ether oxygens (including phenoxy) is 2. The van der Waals surface area contributed by atoms with Crippen molar-refractivity contribution in [2.75, 3.05) is 14.2 Å². The lowest BCUT2D eigenvalue weighted by atomic mass is 10.2. The van der Waals surface area contributed by atoms with Crippen LogP contribution in [0.4, 0.5) is 0 Å². The minimum Gasteiger partial charge on any atom is -0.504 e. The zero-order chi connectivity index (χ0) is 26.8. The van der Waals surface area contributed by atoms with Crippen LogP contribution in [0.1, 0.15) is 0 Å². The van der Waals surface area contributed by atoms with Gasteiger partial charge in [0, 0.05) is 21.2 Å². The molecule has 2 N–H and O–H groups in total. The van der Waals surface area contributed by atoms with Crippen molar-refractivity contribution in [3.8, 4) is 44.1 Å². The summed E-state index contributed by atoms with van der Waals surface area (Å²) in [6.45, 7) is 0. The van der Waals surface area contributed by atoms with Crippen LogP contribution in [-0.2, 0) is 0 Å². The zero-order valence-corrected chi connectivity index (χ0v) is 23.3. The van der Waals surface area contributed by atoms with Gasteiger partial charge in [-0.05, 0) is 72.8 Å². The molecule has 0 radical (unpaired) electrons. The fraction of sp³-hybridized carbons (Fsp3) is 0.0714. The highest BCUT2D eigenvalue weighted by molar-refractivity contribution is 7.22. The molecule has 4 aromatic carbocycles. The maximum Gasteiger partial charge on any atom is 0.161 e. The first kappa shape index (κ1) is 26.1. The SMILES string of the molecule is COc1cc(-c2nc3cc(Cl)ccc3s2)ccc1O.COc1cc(-c2nc3cc(Cl)ccc3s2)ccc1O. The van der Waals surface area contributed by atoms with Crippen molar-refractivity contribution in [2.24, 2.45) is 0 Å². The van der Waals surface area contributed by atoms with E-state index in [1.54, 1.807) is 46.9 Å². The van der Waals surface area contributed by atoms with Gasteiger partial charge in [-0.3, -0.25) is 0 Å². The first-order chi connectivity index (χ1) is 18.3. The summed E-state index contributed by atoms with van der Waals surface area (Å²) < 4.78 is 12.4. The average Bonchev–Trinajstić information content (AvgIpc) is 3.53. The van der Waals surface area contributed by atoms with Gasteiger partial charge in [-0.1, -0.05) is 23.2 Å². The molecule has 0 aliphatic heterocycles. The van der Waals surface area contributed by atoms with Crippen LogP contribution in [0.2, 0.25) is 10.0 Å². The molecule has 0 bridgehead atoms. The predicted molar refractivity (Wildman–Crippen MR) is 157 cm³/mol. The number of aromatic hydroxyl groups is 2. The van der Waals surface area contributed by atoms with Gasteiger partial charge in [0.15, 0.2) is 23.0 Å². The summed E-state index contributed by atoms with van der Waals surface area (Å²) in [6.07, 6.45) is 0. The Bertz CT molecular complexity index is 1640. The number of phenols is 2. The van der Waals surface area contributed by atoms with Gasteiger partial charge in [0.05, 0.1) is 34.7 Å². The second kappa shape index (κ2) is 11.0. The van der Waals surface area contributed by atoms with Crippen LogP contribution in [0.25, 0.3) is 41.6 Å². The van der Waals surface area contributed by atoms with Gasteiger partial charge in [0.1, 0.15) is 10.0 Å². The molecule has 6 aromatic rings.